The van der Waals surface area contributed by atoms with Gasteiger partial charge in [-0.1, -0.05) is 91.0 Å². The lowest BCUT2D eigenvalue weighted by atomic mass is 9.55. The average molecular weight is 528 g/mol. The Bertz CT molecular complexity index is 1560. The molecule has 4 aliphatic rings. The van der Waals surface area contributed by atoms with Crippen molar-refractivity contribution in [3.8, 4) is 0 Å². The normalized spacial score (nSPS) is 21.9. The van der Waals surface area contributed by atoms with E-state index in [0.29, 0.717) is 16.7 Å². The van der Waals surface area contributed by atoms with Crippen molar-refractivity contribution >= 4 is 23.6 Å². The predicted octanol–water partition coefficient (Wildman–Crippen LogP) is 4.97. The Labute approximate surface area is 231 Å². The van der Waals surface area contributed by atoms with Gasteiger partial charge in [0.25, 0.3) is 0 Å². The molecule has 0 aromatic heterocycles. The highest BCUT2D eigenvalue weighted by Gasteiger charge is 2.61. The molecule has 4 aromatic carbocycles. The van der Waals surface area contributed by atoms with Crippen LogP contribution in [0.4, 0.5) is 0 Å². The summed E-state index contributed by atoms with van der Waals surface area (Å²) in [5.74, 6) is -2.34. The quantitative estimate of drug-likeness (QED) is 0.201. The Morgan fingerprint density at radius 3 is 1.50 bits per heavy atom. The minimum absolute atomic E-state index is 0.00706. The van der Waals surface area contributed by atoms with Crippen LogP contribution >= 0.6 is 0 Å². The first-order valence-corrected chi connectivity index (χ1v) is 13.4. The summed E-state index contributed by atoms with van der Waals surface area (Å²) in [6.45, 7) is -0.0944. The Morgan fingerprint density at radius 2 is 1.00 bits per heavy atom. The van der Waals surface area contributed by atoms with Gasteiger partial charge in [-0.3, -0.25) is 19.3 Å². The molecular formula is C34H25NO5. The highest BCUT2D eigenvalue weighted by Crippen LogP contribution is 2.60. The number of amides is 2. The molecule has 0 spiro atoms. The van der Waals surface area contributed by atoms with Gasteiger partial charge in [-0.2, -0.15) is 0 Å². The zero-order valence-corrected chi connectivity index (χ0v) is 21.5. The lowest BCUT2D eigenvalue weighted by Crippen LogP contribution is -2.41. The smallest absolute Gasteiger partial charge is 0.338 e. The Morgan fingerprint density at radius 1 is 0.575 bits per heavy atom. The van der Waals surface area contributed by atoms with Crippen molar-refractivity contribution in [2.75, 3.05) is 13.2 Å². The van der Waals surface area contributed by atoms with Gasteiger partial charge in [0.1, 0.15) is 6.61 Å². The van der Waals surface area contributed by atoms with Crippen molar-refractivity contribution in [1.82, 2.24) is 4.90 Å². The minimum Gasteiger partial charge on any atom is -0.460 e. The van der Waals surface area contributed by atoms with Crippen LogP contribution in [0, 0.1) is 11.8 Å². The molecule has 6 nitrogen and oxygen atoms in total. The van der Waals surface area contributed by atoms with E-state index in [0.717, 1.165) is 22.3 Å². The van der Waals surface area contributed by atoms with Crippen LogP contribution in [0.1, 0.15) is 60.4 Å². The van der Waals surface area contributed by atoms with E-state index < -0.39 is 17.8 Å². The highest BCUT2D eigenvalue weighted by molar-refractivity contribution is 6.09. The SMILES string of the molecule is O=C(OCCN1C(=O)[C@@H]2C3c4ccccc4C(c4ccccc43)[C@@H]2C1=O)c1ccc(C(=O)c2ccccc2)cc1. The summed E-state index contributed by atoms with van der Waals surface area (Å²) in [6.07, 6.45) is 0. The third-order valence-corrected chi connectivity index (χ3v) is 8.51. The van der Waals surface area contributed by atoms with Crippen LogP contribution in [0.15, 0.2) is 103 Å². The fraction of sp³-hybridized carbons (Fsp3) is 0.176. The van der Waals surface area contributed by atoms with Gasteiger partial charge >= 0.3 is 5.97 Å². The second kappa shape index (κ2) is 9.42. The van der Waals surface area contributed by atoms with Crippen molar-refractivity contribution in [2.24, 2.45) is 11.8 Å². The third kappa shape index (κ3) is 3.63. The van der Waals surface area contributed by atoms with Gasteiger partial charge in [-0.05, 0) is 34.4 Å². The second-order valence-electron chi connectivity index (χ2n) is 10.5. The van der Waals surface area contributed by atoms with E-state index >= 15 is 0 Å². The summed E-state index contributed by atoms with van der Waals surface area (Å²) in [4.78, 5) is 53.9. The predicted molar refractivity (Wildman–Crippen MR) is 147 cm³/mol. The van der Waals surface area contributed by atoms with Crippen LogP contribution in [0.2, 0.25) is 0 Å². The largest absolute Gasteiger partial charge is 0.460 e. The maximum Gasteiger partial charge on any atom is 0.338 e. The summed E-state index contributed by atoms with van der Waals surface area (Å²) in [7, 11) is 0. The molecule has 2 atom stereocenters. The van der Waals surface area contributed by atoms with Crippen LogP contribution in [-0.2, 0) is 14.3 Å². The maximum atomic E-state index is 13.7. The molecule has 0 unspecified atom stereocenters. The number of carbonyl (C=O) groups excluding carboxylic acids is 4. The second-order valence-corrected chi connectivity index (χ2v) is 10.5. The van der Waals surface area contributed by atoms with Crippen LogP contribution in [0.5, 0.6) is 0 Å². The number of ketones is 1. The zero-order chi connectivity index (χ0) is 27.4. The number of hydrogen-bond donors (Lipinski definition) is 0. The Balaban J connectivity index is 1.05. The molecule has 196 valence electrons. The van der Waals surface area contributed by atoms with Gasteiger partial charge in [0.2, 0.25) is 11.8 Å². The van der Waals surface area contributed by atoms with Crippen molar-refractivity contribution < 1.29 is 23.9 Å². The molecule has 1 aliphatic heterocycles. The molecule has 2 bridgehead atoms. The van der Waals surface area contributed by atoms with E-state index in [1.54, 1.807) is 48.5 Å². The monoisotopic (exact) mass is 527 g/mol. The average Bonchev–Trinajstić information content (AvgIpc) is 3.26. The molecule has 0 saturated carbocycles. The maximum absolute atomic E-state index is 13.7. The molecule has 6 heteroatoms. The van der Waals surface area contributed by atoms with Crippen LogP contribution in [-0.4, -0.2) is 41.6 Å². The van der Waals surface area contributed by atoms with Gasteiger partial charge in [-0.25, -0.2) is 4.79 Å². The molecule has 4 aromatic rings. The molecule has 1 saturated heterocycles. The highest BCUT2D eigenvalue weighted by atomic mass is 16.5. The summed E-state index contributed by atoms with van der Waals surface area (Å²) in [5.41, 5.74) is 5.81. The van der Waals surface area contributed by atoms with E-state index in [-0.39, 0.29) is 42.6 Å². The first-order chi connectivity index (χ1) is 19.5. The summed E-state index contributed by atoms with van der Waals surface area (Å²) >= 11 is 0. The number of carbonyl (C=O) groups is 4. The molecule has 0 N–H and O–H groups in total. The minimum atomic E-state index is -0.574. The number of hydrogen-bond acceptors (Lipinski definition) is 5. The molecule has 0 radical (unpaired) electrons. The van der Waals surface area contributed by atoms with Crippen LogP contribution in [0.25, 0.3) is 0 Å². The molecule has 40 heavy (non-hydrogen) atoms. The molecule has 2 amide bonds. The Hall–Kier alpha value is -4.84. The fourth-order valence-electron chi connectivity index (χ4n) is 6.79. The van der Waals surface area contributed by atoms with Crippen molar-refractivity contribution in [2.45, 2.75) is 11.8 Å². The van der Waals surface area contributed by atoms with E-state index in [1.165, 1.54) is 4.90 Å². The summed E-state index contributed by atoms with van der Waals surface area (Å²) < 4.78 is 5.45. The molecule has 3 aliphatic carbocycles. The topological polar surface area (TPSA) is 80.8 Å². The Kier molecular flexibility index (Phi) is 5.70. The third-order valence-electron chi connectivity index (χ3n) is 8.51. The number of ether oxygens (including phenoxy) is 1. The lowest BCUT2D eigenvalue weighted by Gasteiger charge is -2.45. The van der Waals surface area contributed by atoms with E-state index in [1.807, 2.05) is 30.3 Å². The lowest BCUT2D eigenvalue weighted by molar-refractivity contribution is -0.140. The van der Waals surface area contributed by atoms with Crippen molar-refractivity contribution in [3.63, 3.8) is 0 Å². The van der Waals surface area contributed by atoms with E-state index in [2.05, 4.69) is 24.3 Å². The number of imide groups is 1. The first kappa shape index (κ1) is 24.2. The summed E-state index contributed by atoms with van der Waals surface area (Å²) in [6, 6.07) is 31.4. The van der Waals surface area contributed by atoms with Crippen molar-refractivity contribution in [1.29, 1.82) is 0 Å². The fourth-order valence-corrected chi connectivity index (χ4v) is 6.79. The molecule has 1 heterocycles. The van der Waals surface area contributed by atoms with E-state index in [4.69, 9.17) is 4.74 Å². The molecule has 8 rings (SSSR count). The van der Waals surface area contributed by atoms with Gasteiger partial charge in [0.15, 0.2) is 5.78 Å². The zero-order valence-electron chi connectivity index (χ0n) is 21.5. The molecule has 1 fully saturated rings. The van der Waals surface area contributed by atoms with Crippen LogP contribution in [0.3, 0.4) is 0 Å². The molecular weight excluding hydrogens is 502 g/mol. The first-order valence-electron chi connectivity index (χ1n) is 13.4. The number of nitrogens with zero attached hydrogens (tertiary/aromatic N) is 1. The van der Waals surface area contributed by atoms with E-state index in [9.17, 15) is 19.2 Å². The number of esters is 1. The standard InChI is InChI=1S/C34H25NO5/c36-31(20-8-2-1-3-9-20)21-14-16-22(17-15-21)34(39)40-19-18-35-32(37)29-27-23-10-4-5-11-24(23)28(30(29)33(35)38)26-13-7-6-12-25(26)27/h1-17,27-30H,18-19H2/t27?,28?,29-,30+. The van der Waals surface area contributed by atoms with Gasteiger partial charge in [0, 0.05) is 23.0 Å². The van der Waals surface area contributed by atoms with Gasteiger partial charge < -0.3 is 4.74 Å². The van der Waals surface area contributed by atoms with Gasteiger partial charge in [0.05, 0.1) is 23.9 Å². The number of likely N-dealkylation sites (tertiary alicyclic amines) is 1. The summed E-state index contributed by atoms with van der Waals surface area (Å²) in [5, 5.41) is 0. The van der Waals surface area contributed by atoms with Crippen LogP contribution < -0.4 is 0 Å². The number of benzene rings is 4. The number of rotatable bonds is 6. The van der Waals surface area contributed by atoms with Crippen molar-refractivity contribution in [3.05, 3.63) is 142 Å². The van der Waals surface area contributed by atoms with Gasteiger partial charge in [-0.15, -0.1) is 0 Å².